The number of carbonyl (C=O) groups is 2. The minimum absolute atomic E-state index is 0.233. The van der Waals surface area contributed by atoms with E-state index in [9.17, 15) is 9.59 Å². The summed E-state index contributed by atoms with van der Waals surface area (Å²) in [6.45, 7) is 0.337. The predicted octanol–water partition coefficient (Wildman–Crippen LogP) is 3.25. The molecule has 3 aromatic rings. The molecule has 25 heavy (non-hydrogen) atoms. The minimum Gasteiger partial charge on any atom is -0.459 e. The highest BCUT2D eigenvalue weighted by atomic mass is 16.3. The number of amides is 3. The Labute approximate surface area is 144 Å². The number of hydrogen-bond donors (Lipinski definition) is 3. The van der Waals surface area contributed by atoms with Crippen molar-refractivity contribution in [3.63, 3.8) is 0 Å². The zero-order valence-corrected chi connectivity index (χ0v) is 13.2. The summed E-state index contributed by atoms with van der Waals surface area (Å²) in [6.07, 6.45) is 3.11. The molecule has 3 rings (SSSR count). The van der Waals surface area contributed by atoms with E-state index in [0.29, 0.717) is 17.9 Å². The van der Waals surface area contributed by atoms with Gasteiger partial charge >= 0.3 is 6.03 Å². The molecule has 0 fully saturated rings. The van der Waals surface area contributed by atoms with Crippen molar-refractivity contribution >= 4 is 23.3 Å². The summed E-state index contributed by atoms with van der Waals surface area (Å²) in [5, 5.41) is 8.13. The molecule has 2 heterocycles. The first-order chi connectivity index (χ1) is 12.2. The number of hydrogen-bond acceptors (Lipinski definition) is 4. The van der Waals surface area contributed by atoms with Crippen LogP contribution in [0.1, 0.15) is 16.2 Å². The smallest absolute Gasteiger partial charge is 0.319 e. The molecular formula is C18H16N4O3. The van der Waals surface area contributed by atoms with Crippen LogP contribution in [0.15, 0.2) is 71.5 Å². The molecule has 0 atom stereocenters. The number of anilines is 2. The van der Waals surface area contributed by atoms with Crippen LogP contribution in [0.4, 0.5) is 16.2 Å². The summed E-state index contributed by atoms with van der Waals surface area (Å²) in [5.74, 6) is -0.102. The van der Waals surface area contributed by atoms with Gasteiger partial charge in [0.2, 0.25) is 0 Å². The van der Waals surface area contributed by atoms with Crippen LogP contribution >= 0.6 is 0 Å². The maximum absolute atomic E-state index is 11.9. The van der Waals surface area contributed by atoms with E-state index in [1.165, 1.54) is 6.26 Å². The number of furan rings is 1. The Morgan fingerprint density at radius 2 is 1.68 bits per heavy atom. The van der Waals surface area contributed by atoms with Crippen molar-refractivity contribution < 1.29 is 14.0 Å². The van der Waals surface area contributed by atoms with Crippen LogP contribution in [0.3, 0.4) is 0 Å². The molecule has 3 amide bonds. The van der Waals surface area contributed by atoms with Gasteiger partial charge in [0.15, 0.2) is 5.76 Å². The van der Waals surface area contributed by atoms with Crippen LogP contribution in [0.25, 0.3) is 0 Å². The van der Waals surface area contributed by atoms with Crippen LogP contribution in [0, 0.1) is 0 Å². The van der Waals surface area contributed by atoms with Crippen LogP contribution in [0.5, 0.6) is 0 Å². The molecular weight excluding hydrogens is 320 g/mol. The van der Waals surface area contributed by atoms with E-state index in [4.69, 9.17) is 4.42 Å². The van der Waals surface area contributed by atoms with Gasteiger partial charge < -0.3 is 20.4 Å². The summed E-state index contributed by atoms with van der Waals surface area (Å²) < 4.78 is 5.02. The highest BCUT2D eigenvalue weighted by molar-refractivity contribution is 6.02. The third kappa shape index (κ3) is 4.68. The Hall–Kier alpha value is -3.61. The zero-order valence-electron chi connectivity index (χ0n) is 13.2. The van der Waals surface area contributed by atoms with Crippen molar-refractivity contribution in [2.75, 3.05) is 10.6 Å². The van der Waals surface area contributed by atoms with Crippen molar-refractivity contribution in [1.29, 1.82) is 0 Å². The summed E-state index contributed by atoms with van der Waals surface area (Å²) in [5.41, 5.74) is 1.98. The largest absolute Gasteiger partial charge is 0.459 e. The molecule has 0 bridgehead atoms. The van der Waals surface area contributed by atoms with Gasteiger partial charge in [-0.05, 0) is 48.5 Å². The Bertz CT molecular complexity index is 831. The zero-order chi connectivity index (χ0) is 17.5. The molecule has 0 saturated carbocycles. The SMILES string of the molecule is O=C(NCc1ccccn1)Nc1ccc(NC(=O)c2ccco2)cc1. The third-order valence-electron chi connectivity index (χ3n) is 3.30. The number of nitrogens with zero attached hydrogens (tertiary/aromatic N) is 1. The topological polar surface area (TPSA) is 96.3 Å². The first-order valence-electron chi connectivity index (χ1n) is 7.60. The molecule has 126 valence electrons. The Kier molecular flexibility index (Phi) is 5.06. The third-order valence-corrected chi connectivity index (χ3v) is 3.30. The normalized spacial score (nSPS) is 10.1. The van der Waals surface area contributed by atoms with E-state index >= 15 is 0 Å². The molecule has 0 unspecified atom stereocenters. The molecule has 0 aliphatic heterocycles. The van der Waals surface area contributed by atoms with Gasteiger partial charge in [0.25, 0.3) is 5.91 Å². The first-order valence-corrected chi connectivity index (χ1v) is 7.60. The van der Waals surface area contributed by atoms with Gasteiger partial charge in [0.05, 0.1) is 18.5 Å². The lowest BCUT2D eigenvalue weighted by Crippen LogP contribution is -2.28. The fourth-order valence-electron chi connectivity index (χ4n) is 2.09. The average molecular weight is 336 g/mol. The maximum Gasteiger partial charge on any atom is 0.319 e. The van der Waals surface area contributed by atoms with Crippen molar-refractivity contribution in [3.8, 4) is 0 Å². The van der Waals surface area contributed by atoms with E-state index < -0.39 is 0 Å². The lowest BCUT2D eigenvalue weighted by molar-refractivity contribution is 0.0996. The van der Waals surface area contributed by atoms with Crippen LogP contribution in [-0.4, -0.2) is 16.9 Å². The number of benzene rings is 1. The van der Waals surface area contributed by atoms with Gasteiger partial charge in [-0.15, -0.1) is 0 Å². The second kappa shape index (κ2) is 7.78. The highest BCUT2D eigenvalue weighted by Gasteiger charge is 2.08. The summed E-state index contributed by atoms with van der Waals surface area (Å²) in [4.78, 5) is 27.9. The van der Waals surface area contributed by atoms with E-state index in [0.717, 1.165) is 5.69 Å². The van der Waals surface area contributed by atoms with Gasteiger partial charge in [-0.2, -0.15) is 0 Å². The van der Waals surface area contributed by atoms with E-state index in [1.54, 1.807) is 42.6 Å². The van der Waals surface area contributed by atoms with Crippen molar-refractivity contribution in [2.24, 2.45) is 0 Å². The number of rotatable bonds is 5. The lowest BCUT2D eigenvalue weighted by Gasteiger charge is -2.08. The molecule has 0 aliphatic carbocycles. The number of urea groups is 1. The Balaban J connectivity index is 1.50. The van der Waals surface area contributed by atoms with E-state index in [-0.39, 0.29) is 17.7 Å². The summed E-state index contributed by atoms with van der Waals surface area (Å²) >= 11 is 0. The number of carbonyl (C=O) groups excluding carboxylic acids is 2. The molecule has 2 aromatic heterocycles. The lowest BCUT2D eigenvalue weighted by atomic mass is 10.2. The van der Waals surface area contributed by atoms with E-state index in [1.807, 2.05) is 18.2 Å². The van der Waals surface area contributed by atoms with E-state index in [2.05, 4.69) is 20.9 Å². The second-order valence-corrected chi connectivity index (χ2v) is 5.14. The number of aromatic nitrogens is 1. The minimum atomic E-state index is -0.335. The van der Waals surface area contributed by atoms with Crippen LogP contribution < -0.4 is 16.0 Å². The number of pyridine rings is 1. The maximum atomic E-state index is 11.9. The fourth-order valence-corrected chi connectivity index (χ4v) is 2.09. The Morgan fingerprint density at radius 3 is 2.32 bits per heavy atom. The van der Waals surface area contributed by atoms with Gasteiger partial charge in [0, 0.05) is 17.6 Å². The molecule has 0 spiro atoms. The fraction of sp³-hybridized carbons (Fsp3) is 0.0556. The standard InChI is InChI=1S/C18H16N4O3/c23-17(16-5-3-11-25-16)21-13-6-8-14(9-7-13)22-18(24)20-12-15-4-1-2-10-19-15/h1-11H,12H2,(H,21,23)(H2,20,22,24). The molecule has 1 aromatic carbocycles. The van der Waals surface area contributed by atoms with Gasteiger partial charge in [0.1, 0.15) is 0 Å². The number of nitrogens with one attached hydrogen (secondary N) is 3. The quantitative estimate of drug-likeness (QED) is 0.666. The monoisotopic (exact) mass is 336 g/mol. The van der Waals surface area contributed by atoms with Crippen molar-refractivity contribution in [1.82, 2.24) is 10.3 Å². The van der Waals surface area contributed by atoms with Crippen molar-refractivity contribution in [2.45, 2.75) is 6.54 Å². The summed E-state index contributed by atoms with van der Waals surface area (Å²) in [6, 6.07) is 15.2. The Morgan fingerprint density at radius 1 is 0.920 bits per heavy atom. The molecule has 0 radical (unpaired) electrons. The van der Waals surface area contributed by atoms with Crippen LogP contribution in [-0.2, 0) is 6.54 Å². The van der Waals surface area contributed by atoms with Crippen molar-refractivity contribution in [3.05, 3.63) is 78.5 Å². The van der Waals surface area contributed by atoms with Gasteiger partial charge in [-0.25, -0.2) is 4.79 Å². The molecule has 0 saturated heterocycles. The second-order valence-electron chi connectivity index (χ2n) is 5.14. The molecule has 7 heteroatoms. The highest BCUT2D eigenvalue weighted by Crippen LogP contribution is 2.14. The van der Waals surface area contributed by atoms with Gasteiger partial charge in [-0.1, -0.05) is 6.07 Å². The summed E-state index contributed by atoms with van der Waals surface area (Å²) in [7, 11) is 0. The predicted molar refractivity (Wildman–Crippen MR) is 93.2 cm³/mol. The molecule has 3 N–H and O–H groups in total. The molecule has 0 aliphatic rings. The first kappa shape index (κ1) is 16.3. The molecule has 7 nitrogen and oxygen atoms in total. The van der Waals surface area contributed by atoms with Gasteiger partial charge in [-0.3, -0.25) is 9.78 Å². The average Bonchev–Trinajstić information content (AvgIpc) is 3.17. The van der Waals surface area contributed by atoms with Crippen LogP contribution in [0.2, 0.25) is 0 Å².